The molecule has 0 atom stereocenters. The minimum Gasteiger partial charge on any atom is -0.497 e. The number of aromatic nitrogens is 2. The summed E-state index contributed by atoms with van der Waals surface area (Å²) in [5, 5.41) is 6.56. The van der Waals surface area contributed by atoms with Crippen molar-refractivity contribution in [1.82, 2.24) is 9.97 Å². The molecule has 0 radical (unpaired) electrons. The fraction of sp³-hybridized carbons (Fsp3) is 0.190. The highest BCUT2D eigenvalue weighted by molar-refractivity contribution is 6.31. The van der Waals surface area contributed by atoms with Crippen molar-refractivity contribution < 1.29 is 9.53 Å². The first-order valence-corrected chi connectivity index (χ1v) is 9.19. The molecule has 144 valence electrons. The lowest BCUT2D eigenvalue weighted by molar-refractivity contribution is 0.102. The Morgan fingerprint density at radius 2 is 2.00 bits per heavy atom. The Morgan fingerprint density at radius 3 is 2.71 bits per heavy atom. The molecule has 3 aromatic rings. The molecule has 0 saturated carbocycles. The van der Waals surface area contributed by atoms with Gasteiger partial charge in [0.15, 0.2) is 0 Å². The first-order valence-electron chi connectivity index (χ1n) is 8.81. The summed E-state index contributed by atoms with van der Waals surface area (Å²) in [5.74, 6) is 1.11. The predicted octanol–water partition coefficient (Wildman–Crippen LogP) is 4.35. The Labute approximate surface area is 168 Å². The summed E-state index contributed by atoms with van der Waals surface area (Å²) in [5.41, 5.74) is 2.95. The maximum Gasteiger partial charge on any atom is 0.275 e. The second kappa shape index (κ2) is 9.19. The zero-order valence-electron chi connectivity index (χ0n) is 15.7. The number of hydrogen-bond acceptors (Lipinski definition) is 5. The van der Waals surface area contributed by atoms with Crippen LogP contribution in [0.5, 0.6) is 5.75 Å². The molecule has 0 bridgehead atoms. The van der Waals surface area contributed by atoms with E-state index in [9.17, 15) is 4.79 Å². The van der Waals surface area contributed by atoms with Crippen LogP contribution < -0.4 is 15.4 Å². The number of rotatable bonds is 7. The third-order valence-electron chi connectivity index (χ3n) is 4.17. The second-order valence-corrected chi connectivity index (χ2v) is 6.64. The van der Waals surface area contributed by atoms with Gasteiger partial charge in [-0.2, -0.15) is 0 Å². The van der Waals surface area contributed by atoms with Crippen LogP contribution >= 0.6 is 11.6 Å². The molecule has 0 aliphatic carbocycles. The van der Waals surface area contributed by atoms with Crippen LogP contribution in [-0.2, 0) is 6.42 Å². The summed E-state index contributed by atoms with van der Waals surface area (Å²) in [6, 6.07) is 13.3. The minimum atomic E-state index is -0.338. The fourth-order valence-corrected chi connectivity index (χ4v) is 2.75. The van der Waals surface area contributed by atoms with Gasteiger partial charge in [0.25, 0.3) is 5.91 Å². The number of benzene rings is 2. The fourth-order valence-electron chi connectivity index (χ4n) is 2.57. The molecule has 28 heavy (non-hydrogen) atoms. The van der Waals surface area contributed by atoms with Gasteiger partial charge in [0.2, 0.25) is 0 Å². The quantitative estimate of drug-likeness (QED) is 0.620. The second-order valence-electron chi connectivity index (χ2n) is 6.23. The topological polar surface area (TPSA) is 76.1 Å². The standard InChI is InChI=1S/C21H21ClN4O2/c1-14-6-7-16(11-18(14)22)26-21(27)19-12-25-20(13-24-19)23-9-8-15-4-3-5-17(10-15)28-2/h3-7,10-13H,8-9H2,1-2H3,(H,23,25)(H,26,27). The van der Waals surface area contributed by atoms with E-state index in [2.05, 4.69) is 20.6 Å². The van der Waals surface area contributed by atoms with Crippen LogP contribution in [0.1, 0.15) is 21.6 Å². The largest absolute Gasteiger partial charge is 0.497 e. The lowest BCUT2D eigenvalue weighted by atomic mass is 10.1. The third-order valence-corrected chi connectivity index (χ3v) is 4.58. The molecule has 6 nitrogen and oxygen atoms in total. The van der Waals surface area contributed by atoms with Crippen LogP contribution in [0.4, 0.5) is 11.5 Å². The van der Waals surface area contributed by atoms with Gasteiger partial charge in [-0.1, -0.05) is 29.8 Å². The summed E-state index contributed by atoms with van der Waals surface area (Å²) in [6.45, 7) is 2.59. The molecular weight excluding hydrogens is 376 g/mol. The predicted molar refractivity (Wildman–Crippen MR) is 111 cm³/mol. The molecule has 1 amide bonds. The highest BCUT2D eigenvalue weighted by atomic mass is 35.5. The van der Waals surface area contributed by atoms with Gasteiger partial charge in [-0.15, -0.1) is 0 Å². The Balaban J connectivity index is 1.53. The monoisotopic (exact) mass is 396 g/mol. The first-order chi connectivity index (χ1) is 13.5. The van der Waals surface area contributed by atoms with E-state index < -0.39 is 0 Å². The van der Waals surface area contributed by atoms with Crippen LogP contribution in [0, 0.1) is 6.92 Å². The molecule has 3 rings (SSSR count). The Morgan fingerprint density at radius 1 is 1.14 bits per heavy atom. The van der Waals surface area contributed by atoms with E-state index in [-0.39, 0.29) is 11.6 Å². The molecule has 0 aliphatic heterocycles. The molecule has 2 aromatic carbocycles. The van der Waals surface area contributed by atoms with Crippen molar-refractivity contribution in [3.63, 3.8) is 0 Å². The molecule has 0 aliphatic rings. The van der Waals surface area contributed by atoms with Gasteiger partial charge in [-0.3, -0.25) is 4.79 Å². The normalized spacial score (nSPS) is 10.4. The molecule has 0 fully saturated rings. The number of carbonyl (C=O) groups is 1. The van der Waals surface area contributed by atoms with E-state index >= 15 is 0 Å². The first kappa shape index (κ1) is 19.6. The lowest BCUT2D eigenvalue weighted by Gasteiger charge is -2.08. The third kappa shape index (κ3) is 5.20. The highest BCUT2D eigenvalue weighted by Crippen LogP contribution is 2.20. The van der Waals surface area contributed by atoms with Crippen molar-refractivity contribution in [1.29, 1.82) is 0 Å². The summed E-state index contributed by atoms with van der Waals surface area (Å²) in [7, 11) is 1.65. The molecule has 7 heteroatoms. The number of amides is 1. The van der Waals surface area contributed by atoms with Crippen LogP contribution in [0.25, 0.3) is 0 Å². The summed E-state index contributed by atoms with van der Waals surface area (Å²) in [6.07, 6.45) is 3.80. The lowest BCUT2D eigenvalue weighted by Crippen LogP contribution is -2.15. The zero-order valence-corrected chi connectivity index (χ0v) is 16.5. The molecule has 0 unspecified atom stereocenters. The number of ether oxygens (including phenoxy) is 1. The van der Waals surface area contributed by atoms with Gasteiger partial charge < -0.3 is 15.4 Å². The smallest absolute Gasteiger partial charge is 0.275 e. The van der Waals surface area contributed by atoms with Gasteiger partial charge >= 0.3 is 0 Å². The number of halogens is 1. The van der Waals surface area contributed by atoms with Crippen molar-refractivity contribution in [2.24, 2.45) is 0 Å². The van der Waals surface area contributed by atoms with Crippen LogP contribution in [0.3, 0.4) is 0 Å². The van der Waals surface area contributed by atoms with Crippen molar-refractivity contribution in [2.45, 2.75) is 13.3 Å². The Bertz CT molecular complexity index is 961. The van der Waals surface area contributed by atoms with E-state index in [0.29, 0.717) is 23.1 Å². The van der Waals surface area contributed by atoms with E-state index in [1.165, 1.54) is 6.20 Å². The van der Waals surface area contributed by atoms with Gasteiger partial charge in [0, 0.05) is 17.3 Å². The number of carbonyl (C=O) groups excluding carboxylic acids is 1. The van der Waals surface area contributed by atoms with Crippen molar-refractivity contribution in [2.75, 3.05) is 24.3 Å². The van der Waals surface area contributed by atoms with Gasteiger partial charge in [0.1, 0.15) is 17.3 Å². The Kier molecular flexibility index (Phi) is 6.45. The number of hydrogen-bond donors (Lipinski definition) is 2. The molecule has 1 aromatic heterocycles. The van der Waals surface area contributed by atoms with Gasteiger partial charge in [-0.05, 0) is 48.7 Å². The summed E-state index contributed by atoms with van der Waals surface area (Å²) < 4.78 is 5.22. The average Bonchev–Trinajstić information content (AvgIpc) is 2.71. The van der Waals surface area contributed by atoms with Crippen molar-refractivity contribution in [3.8, 4) is 5.75 Å². The molecule has 1 heterocycles. The van der Waals surface area contributed by atoms with E-state index in [1.807, 2.05) is 37.3 Å². The molecule has 2 N–H and O–H groups in total. The maximum absolute atomic E-state index is 12.3. The average molecular weight is 397 g/mol. The molecule has 0 spiro atoms. The number of nitrogens with one attached hydrogen (secondary N) is 2. The van der Waals surface area contributed by atoms with Crippen LogP contribution in [0.2, 0.25) is 5.02 Å². The number of anilines is 2. The van der Waals surface area contributed by atoms with Crippen LogP contribution in [0.15, 0.2) is 54.9 Å². The zero-order chi connectivity index (χ0) is 19.9. The van der Waals surface area contributed by atoms with Gasteiger partial charge in [0.05, 0.1) is 19.5 Å². The molecular formula is C21H21ClN4O2. The maximum atomic E-state index is 12.3. The number of methoxy groups -OCH3 is 1. The SMILES string of the molecule is COc1cccc(CCNc2cnc(C(=O)Nc3ccc(C)c(Cl)c3)cn2)c1. The molecule has 0 saturated heterocycles. The number of nitrogens with zero attached hydrogens (tertiary/aromatic N) is 2. The van der Waals surface area contributed by atoms with E-state index in [1.54, 1.807) is 25.4 Å². The van der Waals surface area contributed by atoms with E-state index in [4.69, 9.17) is 16.3 Å². The number of aryl methyl sites for hydroxylation is 1. The summed E-state index contributed by atoms with van der Waals surface area (Å²) >= 11 is 6.08. The highest BCUT2D eigenvalue weighted by Gasteiger charge is 2.09. The van der Waals surface area contributed by atoms with Crippen molar-refractivity contribution in [3.05, 3.63) is 76.7 Å². The van der Waals surface area contributed by atoms with E-state index in [0.717, 1.165) is 23.3 Å². The van der Waals surface area contributed by atoms with Crippen molar-refractivity contribution >= 4 is 29.0 Å². The van der Waals surface area contributed by atoms with Gasteiger partial charge in [-0.25, -0.2) is 9.97 Å². The Hall–Kier alpha value is -3.12. The van der Waals surface area contributed by atoms with Crippen LogP contribution in [-0.4, -0.2) is 29.5 Å². The minimum absolute atomic E-state index is 0.232. The summed E-state index contributed by atoms with van der Waals surface area (Å²) in [4.78, 5) is 20.7.